The summed E-state index contributed by atoms with van der Waals surface area (Å²) in [7, 11) is 0.0931. The van der Waals surface area contributed by atoms with Crippen molar-refractivity contribution < 1.29 is 0 Å². The minimum absolute atomic E-state index is 0.0931. The lowest BCUT2D eigenvalue weighted by atomic mass is 10.2. The van der Waals surface area contributed by atoms with E-state index in [0.717, 1.165) is 0 Å². The predicted octanol–water partition coefficient (Wildman–Crippen LogP) is 3.44. The first-order chi connectivity index (χ1) is 4.55. The van der Waals surface area contributed by atoms with E-state index in [2.05, 4.69) is 34.4 Å². The quantitative estimate of drug-likeness (QED) is 0.537. The van der Waals surface area contributed by atoms with Crippen molar-refractivity contribution in [3.05, 3.63) is 21.7 Å². The third kappa shape index (κ3) is 0.914. The molecule has 0 saturated carbocycles. The van der Waals surface area contributed by atoms with Crippen LogP contribution in [0.3, 0.4) is 0 Å². The van der Waals surface area contributed by atoms with Crippen LogP contribution in [0.25, 0.3) is 0 Å². The summed E-state index contributed by atoms with van der Waals surface area (Å²) in [5.41, 5.74) is 3.07. The molecule has 1 heteroatoms. The highest BCUT2D eigenvalue weighted by molar-refractivity contribution is 7.49. The van der Waals surface area contributed by atoms with Gasteiger partial charge in [-0.05, 0) is 56.1 Å². The van der Waals surface area contributed by atoms with Crippen LogP contribution in [0, 0.1) is 27.7 Å². The zero-order chi connectivity index (χ0) is 7.89. The van der Waals surface area contributed by atoms with Gasteiger partial charge in [0, 0.05) is 0 Å². The first-order valence-electron chi connectivity index (χ1n) is 3.64. The third-order valence-electron chi connectivity index (χ3n) is 2.65. The van der Waals surface area contributed by atoms with Gasteiger partial charge in [0.25, 0.3) is 0 Å². The first-order valence-corrected chi connectivity index (χ1v) is 5.43. The van der Waals surface area contributed by atoms with Crippen molar-refractivity contribution in [1.82, 2.24) is 0 Å². The molecule has 0 N–H and O–H groups in total. The Balaban J connectivity index is 3.44. The van der Waals surface area contributed by atoms with E-state index < -0.39 is 0 Å². The lowest BCUT2D eigenvalue weighted by Gasteiger charge is -1.92. The monoisotopic (exact) mass is 154 g/mol. The van der Waals surface area contributed by atoms with Crippen LogP contribution in [0.4, 0.5) is 0 Å². The van der Waals surface area contributed by atoms with Crippen molar-refractivity contribution in [3.63, 3.8) is 0 Å². The largest absolute Gasteiger partial charge is 0.122 e. The molecule has 1 rings (SSSR count). The second-order valence-electron chi connectivity index (χ2n) is 2.98. The summed E-state index contributed by atoms with van der Waals surface area (Å²) in [5.74, 6) is 0. The molecular formula is C9H15P. The third-order valence-corrected chi connectivity index (χ3v) is 5.34. The Labute approximate surface area is 64.3 Å². The van der Waals surface area contributed by atoms with Gasteiger partial charge >= 0.3 is 0 Å². The molecule has 0 nitrogen and oxygen atoms in total. The zero-order valence-electron chi connectivity index (χ0n) is 7.45. The van der Waals surface area contributed by atoms with Crippen LogP contribution < -0.4 is 0 Å². The molecule has 0 atom stereocenters. The Hall–Kier alpha value is -0.220. The molecule has 0 unspecified atom stereocenters. The zero-order valence-corrected chi connectivity index (χ0v) is 8.34. The van der Waals surface area contributed by atoms with E-state index in [0.29, 0.717) is 0 Å². The van der Waals surface area contributed by atoms with E-state index in [4.69, 9.17) is 0 Å². The Morgan fingerprint density at radius 2 is 1.10 bits per heavy atom. The Kier molecular flexibility index (Phi) is 1.92. The molecule has 0 amide bonds. The topological polar surface area (TPSA) is 0 Å². The summed E-state index contributed by atoms with van der Waals surface area (Å²) in [6.45, 7) is 11.3. The summed E-state index contributed by atoms with van der Waals surface area (Å²) in [5, 5.41) is 3.23. The average Bonchev–Trinajstić information content (AvgIpc) is 2.07. The molecule has 1 aromatic heterocycles. The fraction of sp³-hybridized carbons (Fsp3) is 0.556. The highest BCUT2D eigenvalue weighted by atomic mass is 31.1. The number of rotatable bonds is 0. The van der Waals surface area contributed by atoms with Gasteiger partial charge in [-0.2, -0.15) is 0 Å². The highest BCUT2D eigenvalue weighted by Gasteiger charge is 2.06. The molecule has 0 aliphatic heterocycles. The van der Waals surface area contributed by atoms with Gasteiger partial charge in [0.1, 0.15) is 0 Å². The van der Waals surface area contributed by atoms with E-state index in [1.807, 2.05) is 0 Å². The van der Waals surface area contributed by atoms with E-state index in [1.165, 1.54) is 11.1 Å². The Morgan fingerprint density at radius 3 is 1.20 bits per heavy atom. The van der Waals surface area contributed by atoms with Crippen molar-refractivity contribution in [2.45, 2.75) is 27.7 Å². The molecule has 0 saturated heterocycles. The summed E-state index contributed by atoms with van der Waals surface area (Å²) >= 11 is 0. The van der Waals surface area contributed by atoms with Crippen molar-refractivity contribution in [2.24, 2.45) is 6.66 Å². The van der Waals surface area contributed by atoms with Crippen molar-refractivity contribution in [3.8, 4) is 0 Å². The average molecular weight is 154 g/mol. The van der Waals surface area contributed by atoms with Crippen LogP contribution >= 0.6 is 7.53 Å². The van der Waals surface area contributed by atoms with Crippen molar-refractivity contribution in [2.75, 3.05) is 0 Å². The molecular weight excluding hydrogens is 139 g/mol. The molecule has 0 aliphatic carbocycles. The molecule has 0 aliphatic rings. The highest BCUT2D eigenvalue weighted by Crippen LogP contribution is 2.40. The van der Waals surface area contributed by atoms with Gasteiger partial charge in [-0.25, -0.2) is 0 Å². The fourth-order valence-electron chi connectivity index (χ4n) is 1.30. The maximum Gasteiger partial charge on any atom is -0.0253 e. The van der Waals surface area contributed by atoms with Gasteiger partial charge in [0.05, 0.1) is 0 Å². The maximum absolute atomic E-state index is 2.35. The molecule has 0 fully saturated rings. The second-order valence-corrected chi connectivity index (χ2v) is 5.44. The lowest BCUT2D eigenvalue weighted by molar-refractivity contribution is 1.32. The first kappa shape index (κ1) is 7.88. The van der Waals surface area contributed by atoms with Crippen LogP contribution in [0.2, 0.25) is 0 Å². The van der Waals surface area contributed by atoms with Crippen LogP contribution in [0.15, 0.2) is 0 Å². The van der Waals surface area contributed by atoms with E-state index in [1.54, 1.807) is 10.6 Å². The molecule has 0 bridgehead atoms. The molecule has 56 valence electrons. The van der Waals surface area contributed by atoms with Gasteiger partial charge < -0.3 is 0 Å². The van der Waals surface area contributed by atoms with Crippen molar-refractivity contribution >= 4 is 7.53 Å². The number of hydrogen-bond acceptors (Lipinski definition) is 0. The van der Waals surface area contributed by atoms with Crippen molar-refractivity contribution in [1.29, 1.82) is 0 Å². The Morgan fingerprint density at radius 1 is 0.800 bits per heavy atom. The second kappa shape index (κ2) is 2.43. The van der Waals surface area contributed by atoms with E-state index >= 15 is 0 Å². The van der Waals surface area contributed by atoms with Crippen LogP contribution in [-0.2, 0) is 6.66 Å². The smallest absolute Gasteiger partial charge is 0.0253 e. The molecule has 0 spiro atoms. The van der Waals surface area contributed by atoms with Crippen LogP contribution in [-0.4, -0.2) is 0 Å². The van der Waals surface area contributed by atoms with Gasteiger partial charge in [0.2, 0.25) is 0 Å². The van der Waals surface area contributed by atoms with Crippen LogP contribution in [0.5, 0.6) is 0 Å². The van der Waals surface area contributed by atoms with E-state index in [9.17, 15) is 0 Å². The van der Waals surface area contributed by atoms with Gasteiger partial charge in [-0.3, -0.25) is 0 Å². The standard InChI is InChI=1S/C9H15P/c1-6-7(2)9(4)10(5)8(6)3/h1-5H3. The number of hydrogen-bond donors (Lipinski definition) is 0. The van der Waals surface area contributed by atoms with Gasteiger partial charge in [0.15, 0.2) is 0 Å². The Bertz CT molecular complexity index is 176. The normalized spacial score (nSPS) is 10.5. The molecule has 0 aromatic carbocycles. The van der Waals surface area contributed by atoms with Crippen LogP contribution in [0.1, 0.15) is 21.7 Å². The maximum atomic E-state index is 2.35. The molecule has 0 radical (unpaired) electrons. The molecule has 1 heterocycles. The summed E-state index contributed by atoms with van der Waals surface area (Å²) in [4.78, 5) is 0. The fourth-order valence-corrected chi connectivity index (χ4v) is 3.14. The minimum atomic E-state index is 0.0931. The summed E-state index contributed by atoms with van der Waals surface area (Å²) < 4.78 is 0. The lowest BCUT2D eigenvalue weighted by Crippen LogP contribution is -1.73. The summed E-state index contributed by atoms with van der Waals surface area (Å²) in [6, 6.07) is 0. The predicted molar refractivity (Wildman–Crippen MR) is 49.1 cm³/mol. The van der Waals surface area contributed by atoms with E-state index in [-0.39, 0.29) is 7.53 Å². The van der Waals surface area contributed by atoms with Gasteiger partial charge in [-0.15, -0.1) is 7.53 Å². The van der Waals surface area contributed by atoms with Gasteiger partial charge in [-0.1, -0.05) is 0 Å². The summed E-state index contributed by atoms with van der Waals surface area (Å²) in [6.07, 6.45) is 0. The molecule has 10 heavy (non-hydrogen) atoms. The minimum Gasteiger partial charge on any atom is -0.122 e. The molecule has 1 aromatic rings. The SMILES string of the molecule is Cc1c(C)c(C)p(C)c1C.